The van der Waals surface area contributed by atoms with Gasteiger partial charge in [-0.05, 0) is 19.4 Å². The first-order chi connectivity index (χ1) is 10.4. The van der Waals surface area contributed by atoms with Crippen LogP contribution >= 0.6 is 0 Å². The van der Waals surface area contributed by atoms with Crippen molar-refractivity contribution >= 4 is 0 Å². The molecule has 0 aromatic rings. The third kappa shape index (κ3) is 19.8. The van der Waals surface area contributed by atoms with Crippen molar-refractivity contribution in [2.45, 2.75) is 39.5 Å². The Labute approximate surface area is 130 Å². The summed E-state index contributed by atoms with van der Waals surface area (Å²) in [5.41, 5.74) is 0. The van der Waals surface area contributed by atoms with E-state index in [1.165, 1.54) is 12.8 Å². The van der Waals surface area contributed by atoms with Crippen molar-refractivity contribution < 1.29 is 18.9 Å². The number of hydrogen-bond donors (Lipinski definition) is 1. The van der Waals surface area contributed by atoms with Crippen LogP contribution in [0.2, 0.25) is 0 Å². The highest BCUT2D eigenvalue weighted by atomic mass is 16.6. The van der Waals surface area contributed by atoms with Gasteiger partial charge in [-0.1, -0.05) is 26.7 Å². The fourth-order valence-corrected chi connectivity index (χ4v) is 1.66. The molecule has 21 heavy (non-hydrogen) atoms. The fraction of sp³-hybridized carbons (Fsp3) is 1.00. The second-order valence-electron chi connectivity index (χ2n) is 4.91. The molecule has 0 aliphatic carbocycles. The second-order valence-corrected chi connectivity index (χ2v) is 4.91. The Morgan fingerprint density at radius 1 is 0.524 bits per heavy atom. The number of hydrogen-bond acceptors (Lipinski definition) is 5. The van der Waals surface area contributed by atoms with Crippen LogP contribution in [0.4, 0.5) is 0 Å². The molecule has 1 N–H and O–H groups in total. The summed E-state index contributed by atoms with van der Waals surface area (Å²) in [6.45, 7) is 11.7. The average molecular weight is 305 g/mol. The maximum Gasteiger partial charge on any atom is 0.0701 e. The predicted octanol–water partition coefficient (Wildman–Crippen LogP) is 2.24. The molecule has 0 aromatic carbocycles. The lowest BCUT2D eigenvalue weighted by Gasteiger charge is -2.07. The van der Waals surface area contributed by atoms with Gasteiger partial charge in [-0.15, -0.1) is 0 Å². The Morgan fingerprint density at radius 3 is 1.57 bits per heavy atom. The van der Waals surface area contributed by atoms with Crippen LogP contribution in [-0.4, -0.2) is 65.9 Å². The molecule has 0 heterocycles. The topological polar surface area (TPSA) is 49.0 Å². The van der Waals surface area contributed by atoms with E-state index in [1.807, 2.05) is 0 Å². The number of unbranched alkanes of at least 4 members (excludes halogenated alkanes) is 2. The van der Waals surface area contributed by atoms with E-state index in [-0.39, 0.29) is 0 Å². The highest BCUT2D eigenvalue weighted by Gasteiger charge is 1.93. The highest BCUT2D eigenvalue weighted by Crippen LogP contribution is 1.93. The first-order valence-electron chi connectivity index (χ1n) is 8.43. The predicted molar refractivity (Wildman–Crippen MR) is 86.0 cm³/mol. The molecule has 128 valence electrons. The second kappa shape index (κ2) is 19.8. The molecule has 0 saturated carbocycles. The van der Waals surface area contributed by atoms with E-state index in [9.17, 15) is 0 Å². The zero-order valence-electron chi connectivity index (χ0n) is 14.0. The monoisotopic (exact) mass is 305 g/mol. The smallest absolute Gasteiger partial charge is 0.0701 e. The molecule has 0 amide bonds. The molecule has 0 saturated heterocycles. The zero-order chi connectivity index (χ0) is 15.4. The first-order valence-corrected chi connectivity index (χ1v) is 8.43. The van der Waals surface area contributed by atoms with Crippen molar-refractivity contribution in [2.75, 3.05) is 65.9 Å². The molecule has 0 unspecified atom stereocenters. The Morgan fingerprint density at radius 2 is 1.05 bits per heavy atom. The third-order valence-electron chi connectivity index (χ3n) is 2.86. The molecule has 0 radical (unpaired) electrons. The van der Waals surface area contributed by atoms with E-state index in [1.54, 1.807) is 0 Å². The van der Waals surface area contributed by atoms with Gasteiger partial charge in [0.15, 0.2) is 0 Å². The molecule has 5 nitrogen and oxygen atoms in total. The summed E-state index contributed by atoms with van der Waals surface area (Å²) < 4.78 is 21.7. The Balaban J connectivity index is 2.90. The largest absolute Gasteiger partial charge is 0.379 e. The third-order valence-corrected chi connectivity index (χ3v) is 2.86. The van der Waals surface area contributed by atoms with E-state index < -0.39 is 0 Å². The van der Waals surface area contributed by atoms with E-state index in [0.29, 0.717) is 39.6 Å². The minimum absolute atomic E-state index is 0.618. The van der Waals surface area contributed by atoms with Crippen molar-refractivity contribution in [3.8, 4) is 0 Å². The molecule has 0 aliphatic rings. The molecule has 0 spiro atoms. The van der Waals surface area contributed by atoms with Crippen LogP contribution in [0.3, 0.4) is 0 Å². The van der Waals surface area contributed by atoms with Crippen molar-refractivity contribution in [1.29, 1.82) is 0 Å². The average Bonchev–Trinajstić information content (AvgIpc) is 2.50. The summed E-state index contributed by atoms with van der Waals surface area (Å²) in [5.74, 6) is 0. The van der Waals surface area contributed by atoms with Crippen LogP contribution in [0.15, 0.2) is 0 Å². The molecule has 0 aromatic heterocycles. The van der Waals surface area contributed by atoms with Crippen molar-refractivity contribution in [3.63, 3.8) is 0 Å². The molecule has 0 fully saturated rings. The van der Waals surface area contributed by atoms with Crippen molar-refractivity contribution in [1.82, 2.24) is 5.32 Å². The lowest BCUT2D eigenvalue weighted by molar-refractivity contribution is -0.00176. The highest BCUT2D eigenvalue weighted by molar-refractivity contribution is 4.43. The summed E-state index contributed by atoms with van der Waals surface area (Å²) in [5, 5.41) is 3.28. The van der Waals surface area contributed by atoms with Gasteiger partial charge in [0.05, 0.1) is 46.2 Å². The van der Waals surface area contributed by atoms with Gasteiger partial charge in [0.2, 0.25) is 0 Å². The van der Waals surface area contributed by atoms with E-state index in [2.05, 4.69) is 19.2 Å². The first kappa shape index (κ1) is 20.8. The van der Waals surface area contributed by atoms with Crippen LogP contribution in [0.25, 0.3) is 0 Å². The van der Waals surface area contributed by atoms with Gasteiger partial charge in [-0.2, -0.15) is 0 Å². The SMILES string of the molecule is CCCCCOCCOCCOCCOCCNCCC. The number of rotatable bonds is 18. The van der Waals surface area contributed by atoms with Crippen molar-refractivity contribution in [3.05, 3.63) is 0 Å². The molecule has 0 bridgehead atoms. The molecule has 0 rings (SSSR count). The maximum absolute atomic E-state index is 5.44. The Hall–Kier alpha value is -0.200. The minimum Gasteiger partial charge on any atom is -0.379 e. The summed E-state index contributed by atoms with van der Waals surface area (Å²) in [6, 6.07) is 0. The van der Waals surface area contributed by atoms with Crippen molar-refractivity contribution in [2.24, 2.45) is 0 Å². The lowest BCUT2D eigenvalue weighted by Crippen LogP contribution is -2.21. The van der Waals surface area contributed by atoms with Gasteiger partial charge < -0.3 is 24.3 Å². The summed E-state index contributed by atoms with van der Waals surface area (Å²) >= 11 is 0. The van der Waals surface area contributed by atoms with Crippen LogP contribution < -0.4 is 5.32 Å². The molecule has 0 atom stereocenters. The molecular formula is C16H35NO4. The van der Waals surface area contributed by atoms with Crippen LogP contribution in [0.1, 0.15) is 39.5 Å². The number of nitrogens with one attached hydrogen (secondary N) is 1. The van der Waals surface area contributed by atoms with Gasteiger partial charge in [-0.25, -0.2) is 0 Å². The Bertz CT molecular complexity index is 164. The van der Waals surface area contributed by atoms with E-state index in [0.717, 1.165) is 39.1 Å². The zero-order valence-corrected chi connectivity index (χ0v) is 14.0. The minimum atomic E-state index is 0.618. The van der Waals surface area contributed by atoms with Gasteiger partial charge >= 0.3 is 0 Å². The van der Waals surface area contributed by atoms with Gasteiger partial charge in [0.1, 0.15) is 0 Å². The lowest BCUT2D eigenvalue weighted by atomic mass is 10.3. The summed E-state index contributed by atoms with van der Waals surface area (Å²) in [6.07, 6.45) is 4.78. The summed E-state index contributed by atoms with van der Waals surface area (Å²) in [4.78, 5) is 0. The fourth-order valence-electron chi connectivity index (χ4n) is 1.66. The van der Waals surface area contributed by atoms with Gasteiger partial charge in [-0.3, -0.25) is 0 Å². The Kier molecular flexibility index (Phi) is 19.6. The van der Waals surface area contributed by atoms with Crippen LogP contribution in [-0.2, 0) is 18.9 Å². The quantitative estimate of drug-likeness (QED) is 0.394. The normalized spacial score (nSPS) is 11.1. The van der Waals surface area contributed by atoms with E-state index >= 15 is 0 Å². The van der Waals surface area contributed by atoms with E-state index in [4.69, 9.17) is 18.9 Å². The maximum atomic E-state index is 5.44. The summed E-state index contributed by atoms with van der Waals surface area (Å²) in [7, 11) is 0. The standard InChI is InChI=1S/C16H35NO4/c1-3-5-6-9-18-11-13-20-15-16-21-14-12-19-10-8-17-7-4-2/h17H,3-16H2,1-2H3. The van der Waals surface area contributed by atoms with Crippen LogP contribution in [0.5, 0.6) is 0 Å². The van der Waals surface area contributed by atoms with Crippen LogP contribution in [0, 0.1) is 0 Å². The number of ether oxygens (including phenoxy) is 4. The molecule has 0 aliphatic heterocycles. The molecular weight excluding hydrogens is 270 g/mol. The molecule has 5 heteroatoms. The van der Waals surface area contributed by atoms with Gasteiger partial charge in [0, 0.05) is 13.2 Å². The van der Waals surface area contributed by atoms with Gasteiger partial charge in [0.25, 0.3) is 0 Å².